The molecule has 0 saturated carbocycles. The fraction of sp³-hybridized carbons (Fsp3) is 0.308. The summed E-state index contributed by atoms with van der Waals surface area (Å²) < 4.78 is 15.5. The molecule has 1 heterocycles. The maximum absolute atomic E-state index is 11.1. The Morgan fingerprint density at radius 3 is 2.71 bits per heavy atom. The second kappa shape index (κ2) is 6.60. The van der Waals surface area contributed by atoms with E-state index in [4.69, 9.17) is 14.0 Å². The zero-order chi connectivity index (χ0) is 15.2. The molecular weight excluding hydrogens is 276 g/mol. The molecule has 0 aliphatic carbocycles. The van der Waals surface area contributed by atoms with Gasteiger partial charge in [0.2, 0.25) is 11.7 Å². The molecule has 0 fully saturated rings. The molecule has 2 N–H and O–H groups in total. The first-order chi connectivity index (χ1) is 10.2. The summed E-state index contributed by atoms with van der Waals surface area (Å²) in [6.45, 7) is 0.153. The predicted molar refractivity (Wildman–Crippen MR) is 74.1 cm³/mol. The van der Waals surface area contributed by atoms with Gasteiger partial charge in [0.1, 0.15) is 0 Å². The summed E-state index contributed by atoms with van der Waals surface area (Å²) in [7, 11) is 4.64. The Morgan fingerprint density at radius 1 is 1.29 bits per heavy atom. The van der Waals surface area contributed by atoms with Crippen LogP contribution in [0.15, 0.2) is 22.7 Å². The van der Waals surface area contributed by atoms with Crippen molar-refractivity contribution in [3.63, 3.8) is 0 Å². The molecule has 8 nitrogen and oxygen atoms in total. The van der Waals surface area contributed by atoms with Crippen LogP contribution in [0, 0.1) is 0 Å². The van der Waals surface area contributed by atoms with Gasteiger partial charge in [-0.3, -0.25) is 0 Å². The van der Waals surface area contributed by atoms with Crippen molar-refractivity contribution in [3.8, 4) is 22.9 Å². The zero-order valence-corrected chi connectivity index (χ0v) is 12.0. The molecule has 0 radical (unpaired) electrons. The van der Waals surface area contributed by atoms with Crippen LogP contribution < -0.4 is 20.1 Å². The standard InChI is InChI=1S/C13H16N4O4/c1-14-13(18)15-7-11-16-12(17-21-11)8-4-5-9(19-2)10(6-8)20-3/h4-6H,7H2,1-3H3,(H2,14,15,18). The molecule has 2 aromatic rings. The van der Waals surface area contributed by atoms with Crippen molar-refractivity contribution in [2.75, 3.05) is 21.3 Å². The molecule has 1 aromatic heterocycles. The number of rotatable bonds is 5. The number of aromatic nitrogens is 2. The fourth-order valence-corrected chi connectivity index (χ4v) is 1.66. The van der Waals surface area contributed by atoms with Crippen LogP contribution in [0.4, 0.5) is 4.79 Å². The molecule has 112 valence electrons. The van der Waals surface area contributed by atoms with Crippen LogP contribution in [0.5, 0.6) is 11.5 Å². The van der Waals surface area contributed by atoms with Gasteiger partial charge in [-0.25, -0.2) is 4.79 Å². The smallest absolute Gasteiger partial charge is 0.314 e. The van der Waals surface area contributed by atoms with Gasteiger partial charge in [-0.15, -0.1) is 0 Å². The lowest BCUT2D eigenvalue weighted by Crippen LogP contribution is -2.32. The highest BCUT2D eigenvalue weighted by molar-refractivity contribution is 5.73. The maximum atomic E-state index is 11.1. The number of nitrogens with one attached hydrogen (secondary N) is 2. The third-order valence-corrected chi connectivity index (χ3v) is 2.74. The number of ether oxygens (including phenoxy) is 2. The first kappa shape index (κ1) is 14.6. The van der Waals surface area contributed by atoms with Crippen LogP contribution >= 0.6 is 0 Å². The van der Waals surface area contributed by atoms with E-state index in [1.807, 2.05) is 0 Å². The van der Waals surface area contributed by atoms with Crippen LogP contribution in [0.1, 0.15) is 5.89 Å². The topological polar surface area (TPSA) is 98.5 Å². The molecule has 2 amide bonds. The number of carbonyl (C=O) groups is 1. The van der Waals surface area contributed by atoms with Gasteiger partial charge in [0.25, 0.3) is 0 Å². The van der Waals surface area contributed by atoms with E-state index < -0.39 is 0 Å². The molecule has 2 rings (SSSR count). The fourth-order valence-electron chi connectivity index (χ4n) is 1.66. The summed E-state index contributed by atoms with van der Waals surface area (Å²) in [5.41, 5.74) is 0.725. The first-order valence-electron chi connectivity index (χ1n) is 6.18. The first-order valence-corrected chi connectivity index (χ1v) is 6.18. The number of benzene rings is 1. The minimum absolute atomic E-state index is 0.153. The van der Waals surface area contributed by atoms with Crippen LogP contribution in [0.2, 0.25) is 0 Å². The monoisotopic (exact) mass is 292 g/mol. The van der Waals surface area contributed by atoms with E-state index in [0.29, 0.717) is 23.2 Å². The van der Waals surface area contributed by atoms with Gasteiger partial charge in [0, 0.05) is 12.6 Å². The number of nitrogens with zero attached hydrogens (tertiary/aromatic N) is 2. The molecule has 0 aliphatic heterocycles. The van der Waals surface area contributed by atoms with E-state index >= 15 is 0 Å². The van der Waals surface area contributed by atoms with Gasteiger partial charge in [-0.05, 0) is 18.2 Å². The van der Waals surface area contributed by atoms with Crippen LogP contribution in [0.3, 0.4) is 0 Å². The lowest BCUT2D eigenvalue weighted by Gasteiger charge is -2.07. The van der Waals surface area contributed by atoms with Crippen LogP contribution in [0.25, 0.3) is 11.4 Å². The lowest BCUT2D eigenvalue weighted by atomic mass is 10.2. The predicted octanol–water partition coefficient (Wildman–Crippen LogP) is 1.18. The van der Waals surface area contributed by atoms with Crippen molar-refractivity contribution in [1.82, 2.24) is 20.8 Å². The Labute approximate surface area is 121 Å². The summed E-state index contributed by atoms with van der Waals surface area (Å²) in [5.74, 6) is 1.91. The van der Waals surface area contributed by atoms with Gasteiger partial charge in [-0.1, -0.05) is 5.16 Å². The highest BCUT2D eigenvalue weighted by atomic mass is 16.5. The van der Waals surface area contributed by atoms with Gasteiger partial charge in [0.05, 0.1) is 20.8 Å². The normalized spacial score (nSPS) is 10.0. The number of amides is 2. The van der Waals surface area contributed by atoms with Crippen molar-refractivity contribution < 1.29 is 18.8 Å². The molecule has 0 spiro atoms. The highest BCUT2D eigenvalue weighted by Crippen LogP contribution is 2.31. The molecule has 1 aromatic carbocycles. The second-order valence-electron chi connectivity index (χ2n) is 4.01. The molecule has 0 bridgehead atoms. The second-order valence-corrected chi connectivity index (χ2v) is 4.01. The average molecular weight is 292 g/mol. The molecular formula is C13H16N4O4. The Balaban J connectivity index is 2.15. The SMILES string of the molecule is CNC(=O)NCc1nc(-c2ccc(OC)c(OC)c2)no1. The lowest BCUT2D eigenvalue weighted by molar-refractivity contribution is 0.240. The van der Waals surface area contributed by atoms with E-state index in [0.717, 1.165) is 5.56 Å². The quantitative estimate of drug-likeness (QED) is 0.858. The summed E-state index contributed by atoms with van der Waals surface area (Å²) in [6, 6.07) is 4.98. The Morgan fingerprint density at radius 2 is 2.05 bits per heavy atom. The maximum Gasteiger partial charge on any atom is 0.314 e. The number of hydrogen-bond donors (Lipinski definition) is 2. The molecule has 0 saturated heterocycles. The van der Waals surface area contributed by atoms with Crippen molar-refractivity contribution in [1.29, 1.82) is 0 Å². The summed E-state index contributed by atoms with van der Waals surface area (Å²) in [4.78, 5) is 15.3. The summed E-state index contributed by atoms with van der Waals surface area (Å²) >= 11 is 0. The van der Waals surface area contributed by atoms with Gasteiger partial charge in [-0.2, -0.15) is 4.98 Å². The van der Waals surface area contributed by atoms with Crippen molar-refractivity contribution in [3.05, 3.63) is 24.1 Å². The van der Waals surface area contributed by atoms with E-state index in [1.54, 1.807) is 32.4 Å². The number of methoxy groups -OCH3 is 2. The molecule has 0 atom stereocenters. The zero-order valence-electron chi connectivity index (χ0n) is 12.0. The Hall–Kier alpha value is -2.77. The third kappa shape index (κ3) is 3.41. The molecule has 0 aliphatic rings. The van der Waals surface area contributed by atoms with Gasteiger partial charge >= 0.3 is 6.03 Å². The van der Waals surface area contributed by atoms with Crippen LogP contribution in [-0.2, 0) is 6.54 Å². The Kier molecular flexibility index (Phi) is 4.60. The van der Waals surface area contributed by atoms with E-state index in [1.165, 1.54) is 7.05 Å². The van der Waals surface area contributed by atoms with Crippen LogP contribution in [-0.4, -0.2) is 37.4 Å². The van der Waals surface area contributed by atoms with Gasteiger partial charge < -0.3 is 24.6 Å². The van der Waals surface area contributed by atoms with Gasteiger partial charge in [0.15, 0.2) is 11.5 Å². The Bertz CT molecular complexity index is 626. The van der Waals surface area contributed by atoms with E-state index in [2.05, 4.69) is 20.8 Å². The van der Waals surface area contributed by atoms with Crippen molar-refractivity contribution >= 4 is 6.03 Å². The van der Waals surface area contributed by atoms with E-state index in [-0.39, 0.29) is 12.6 Å². The molecule has 0 unspecified atom stereocenters. The number of carbonyl (C=O) groups excluding carboxylic acids is 1. The minimum Gasteiger partial charge on any atom is -0.493 e. The van der Waals surface area contributed by atoms with E-state index in [9.17, 15) is 4.79 Å². The molecule has 21 heavy (non-hydrogen) atoms. The summed E-state index contributed by atoms with van der Waals surface area (Å²) in [6.07, 6.45) is 0. The summed E-state index contributed by atoms with van der Waals surface area (Å²) in [5, 5.41) is 8.86. The van der Waals surface area contributed by atoms with Crippen molar-refractivity contribution in [2.24, 2.45) is 0 Å². The van der Waals surface area contributed by atoms with Crippen molar-refractivity contribution in [2.45, 2.75) is 6.54 Å². The molecule has 8 heteroatoms. The average Bonchev–Trinajstić information content (AvgIpc) is 3.00. The number of hydrogen-bond acceptors (Lipinski definition) is 6. The largest absolute Gasteiger partial charge is 0.493 e. The minimum atomic E-state index is -0.319. The highest BCUT2D eigenvalue weighted by Gasteiger charge is 2.12. The third-order valence-electron chi connectivity index (χ3n) is 2.74. The number of urea groups is 1.